The first-order valence-electron chi connectivity index (χ1n) is 6.35. The van der Waals surface area contributed by atoms with E-state index in [1.54, 1.807) is 0 Å². The highest BCUT2D eigenvalue weighted by Crippen LogP contribution is 2.28. The number of amides is 1. The minimum absolute atomic E-state index is 0.378. The summed E-state index contributed by atoms with van der Waals surface area (Å²) < 4.78 is 0. The average Bonchev–Trinajstić information content (AvgIpc) is 2.80. The fourth-order valence-corrected chi connectivity index (χ4v) is 2.70. The highest BCUT2D eigenvalue weighted by molar-refractivity contribution is 5.76. The molecule has 2 fully saturated rings. The highest BCUT2D eigenvalue weighted by atomic mass is 16.2. The van der Waals surface area contributed by atoms with E-state index in [0.29, 0.717) is 5.91 Å². The van der Waals surface area contributed by atoms with E-state index in [9.17, 15) is 4.79 Å². The van der Waals surface area contributed by atoms with Crippen LogP contribution in [0, 0.1) is 5.92 Å². The van der Waals surface area contributed by atoms with Crippen LogP contribution in [-0.4, -0.2) is 37.0 Å². The minimum Gasteiger partial charge on any atom is -0.340 e. The summed E-state index contributed by atoms with van der Waals surface area (Å²) in [6, 6.07) is 0. The maximum Gasteiger partial charge on any atom is 0.222 e. The largest absolute Gasteiger partial charge is 0.340 e. The lowest BCUT2D eigenvalue weighted by molar-refractivity contribution is -0.132. The van der Waals surface area contributed by atoms with Gasteiger partial charge in [-0.3, -0.25) is 4.79 Å². The zero-order chi connectivity index (χ0) is 10.5. The lowest BCUT2D eigenvalue weighted by Gasteiger charge is -2.27. The van der Waals surface area contributed by atoms with E-state index in [1.165, 1.54) is 25.7 Å². The van der Waals surface area contributed by atoms with Crippen molar-refractivity contribution in [3.05, 3.63) is 0 Å². The number of carbonyl (C=O) groups excluding carboxylic acids is 1. The number of carbonyl (C=O) groups is 1. The normalized spacial score (nSPS) is 23.3. The SMILES string of the molecule is O=C(CCC1CCCC1)N1CCNCC1. The summed E-state index contributed by atoms with van der Waals surface area (Å²) in [5.41, 5.74) is 0. The Morgan fingerprint density at radius 1 is 1.20 bits per heavy atom. The summed E-state index contributed by atoms with van der Waals surface area (Å²) in [6.45, 7) is 3.75. The van der Waals surface area contributed by atoms with Crippen LogP contribution in [0.2, 0.25) is 0 Å². The molecule has 1 aliphatic heterocycles. The maximum absolute atomic E-state index is 11.9. The molecule has 3 nitrogen and oxygen atoms in total. The number of piperazine rings is 1. The molecule has 1 amide bonds. The first kappa shape index (κ1) is 10.9. The van der Waals surface area contributed by atoms with Crippen molar-refractivity contribution in [3.63, 3.8) is 0 Å². The van der Waals surface area contributed by atoms with Crippen LogP contribution in [0.1, 0.15) is 38.5 Å². The van der Waals surface area contributed by atoms with Gasteiger partial charge in [-0.25, -0.2) is 0 Å². The van der Waals surface area contributed by atoms with Crippen LogP contribution in [0.5, 0.6) is 0 Å². The number of hydrogen-bond acceptors (Lipinski definition) is 2. The Labute approximate surface area is 92.2 Å². The van der Waals surface area contributed by atoms with Crippen molar-refractivity contribution in [3.8, 4) is 0 Å². The Hall–Kier alpha value is -0.570. The van der Waals surface area contributed by atoms with E-state index in [2.05, 4.69) is 5.32 Å². The Morgan fingerprint density at radius 2 is 1.87 bits per heavy atom. The predicted molar refractivity (Wildman–Crippen MR) is 60.6 cm³/mol. The molecule has 86 valence electrons. The Balaban J connectivity index is 1.66. The molecule has 0 aromatic carbocycles. The van der Waals surface area contributed by atoms with Gasteiger partial charge in [-0.2, -0.15) is 0 Å². The second-order valence-electron chi connectivity index (χ2n) is 4.82. The Kier molecular flexibility index (Phi) is 4.01. The van der Waals surface area contributed by atoms with E-state index < -0.39 is 0 Å². The maximum atomic E-state index is 11.9. The summed E-state index contributed by atoms with van der Waals surface area (Å²) in [5, 5.41) is 3.27. The van der Waals surface area contributed by atoms with Gasteiger partial charge in [0.25, 0.3) is 0 Å². The molecule has 0 unspecified atom stereocenters. The summed E-state index contributed by atoms with van der Waals surface area (Å²) in [6.07, 6.45) is 7.39. The molecule has 1 saturated carbocycles. The van der Waals surface area contributed by atoms with Crippen LogP contribution in [0.4, 0.5) is 0 Å². The molecule has 3 heteroatoms. The van der Waals surface area contributed by atoms with Crippen LogP contribution in [0.3, 0.4) is 0 Å². The number of hydrogen-bond donors (Lipinski definition) is 1. The fourth-order valence-electron chi connectivity index (χ4n) is 2.70. The second kappa shape index (κ2) is 5.50. The molecule has 0 radical (unpaired) electrons. The molecule has 0 bridgehead atoms. The molecule has 1 saturated heterocycles. The van der Waals surface area contributed by atoms with Gasteiger partial charge < -0.3 is 10.2 Å². The van der Waals surface area contributed by atoms with Gasteiger partial charge in [0, 0.05) is 32.6 Å². The third-order valence-corrected chi connectivity index (χ3v) is 3.71. The van der Waals surface area contributed by atoms with E-state index in [-0.39, 0.29) is 0 Å². The van der Waals surface area contributed by atoms with Gasteiger partial charge in [0.15, 0.2) is 0 Å². The van der Waals surface area contributed by atoms with Crippen molar-refractivity contribution in [2.45, 2.75) is 38.5 Å². The molecule has 0 aromatic heterocycles. The van der Waals surface area contributed by atoms with E-state index >= 15 is 0 Å². The molecule has 0 atom stereocenters. The highest BCUT2D eigenvalue weighted by Gasteiger charge is 2.19. The van der Waals surface area contributed by atoms with E-state index in [1.807, 2.05) is 4.90 Å². The number of rotatable bonds is 3. The van der Waals surface area contributed by atoms with E-state index in [4.69, 9.17) is 0 Å². The van der Waals surface area contributed by atoms with Crippen molar-refractivity contribution in [1.82, 2.24) is 10.2 Å². The third kappa shape index (κ3) is 3.20. The summed E-state index contributed by atoms with van der Waals surface area (Å²) in [7, 11) is 0. The first-order valence-corrected chi connectivity index (χ1v) is 6.35. The fraction of sp³-hybridized carbons (Fsp3) is 0.917. The van der Waals surface area contributed by atoms with Crippen LogP contribution in [0.25, 0.3) is 0 Å². The first-order chi connectivity index (χ1) is 7.36. The molecule has 15 heavy (non-hydrogen) atoms. The van der Waals surface area contributed by atoms with Crippen molar-refractivity contribution >= 4 is 5.91 Å². The molecule has 1 N–H and O–H groups in total. The molecule has 1 heterocycles. The van der Waals surface area contributed by atoms with Crippen molar-refractivity contribution in [1.29, 1.82) is 0 Å². The quantitative estimate of drug-likeness (QED) is 0.763. The van der Waals surface area contributed by atoms with Crippen LogP contribution in [0.15, 0.2) is 0 Å². The zero-order valence-electron chi connectivity index (χ0n) is 9.50. The lowest BCUT2D eigenvalue weighted by Crippen LogP contribution is -2.46. The van der Waals surface area contributed by atoms with Gasteiger partial charge in [-0.05, 0) is 12.3 Å². The predicted octanol–water partition coefficient (Wildman–Crippen LogP) is 1.39. The van der Waals surface area contributed by atoms with E-state index in [0.717, 1.165) is 44.9 Å². The van der Waals surface area contributed by atoms with Crippen molar-refractivity contribution in [2.75, 3.05) is 26.2 Å². The molecule has 2 aliphatic rings. The topological polar surface area (TPSA) is 32.3 Å². The van der Waals surface area contributed by atoms with Crippen LogP contribution >= 0.6 is 0 Å². The van der Waals surface area contributed by atoms with Gasteiger partial charge in [-0.15, -0.1) is 0 Å². The lowest BCUT2D eigenvalue weighted by atomic mass is 10.0. The Morgan fingerprint density at radius 3 is 2.53 bits per heavy atom. The third-order valence-electron chi connectivity index (χ3n) is 3.71. The van der Waals surface area contributed by atoms with Gasteiger partial charge in [0.2, 0.25) is 5.91 Å². The van der Waals surface area contributed by atoms with Gasteiger partial charge in [0.05, 0.1) is 0 Å². The molecule has 0 aromatic rings. The second-order valence-corrected chi connectivity index (χ2v) is 4.82. The smallest absolute Gasteiger partial charge is 0.222 e. The Bertz CT molecular complexity index is 206. The molecule has 0 spiro atoms. The monoisotopic (exact) mass is 210 g/mol. The standard InChI is InChI=1S/C12H22N2O/c15-12(14-9-7-13-8-10-14)6-5-11-3-1-2-4-11/h11,13H,1-10H2. The number of nitrogens with zero attached hydrogens (tertiary/aromatic N) is 1. The van der Waals surface area contributed by atoms with Crippen molar-refractivity contribution < 1.29 is 4.79 Å². The van der Waals surface area contributed by atoms with Crippen molar-refractivity contribution in [2.24, 2.45) is 5.92 Å². The molecule has 1 aliphatic carbocycles. The molecular weight excluding hydrogens is 188 g/mol. The van der Waals surface area contributed by atoms with Gasteiger partial charge >= 0.3 is 0 Å². The van der Waals surface area contributed by atoms with Crippen LogP contribution < -0.4 is 5.32 Å². The summed E-state index contributed by atoms with van der Waals surface area (Å²) in [4.78, 5) is 13.9. The number of nitrogens with one attached hydrogen (secondary N) is 1. The molecule has 2 rings (SSSR count). The molecular formula is C12H22N2O. The average molecular weight is 210 g/mol. The van der Waals surface area contributed by atoms with Crippen LogP contribution in [-0.2, 0) is 4.79 Å². The summed E-state index contributed by atoms with van der Waals surface area (Å²) >= 11 is 0. The van der Waals surface area contributed by atoms with Gasteiger partial charge in [0.1, 0.15) is 0 Å². The summed E-state index contributed by atoms with van der Waals surface area (Å²) in [5.74, 6) is 1.22. The van der Waals surface area contributed by atoms with Gasteiger partial charge in [-0.1, -0.05) is 25.7 Å². The zero-order valence-corrected chi connectivity index (χ0v) is 9.50. The minimum atomic E-state index is 0.378.